The Morgan fingerprint density at radius 3 is 2.81 bits per heavy atom. The minimum absolute atomic E-state index is 0.170. The molecule has 0 unspecified atom stereocenters. The number of likely N-dealkylation sites (tertiary alicyclic amines) is 1. The van der Waals surface area contributed by atoms with Crippen LogP contribution in [0.2, 0.25) is 0 Å². The first kappa shape index (κ1) is 16.4. The van der Waals surface area contributed by atoms with Crippen LogP contribution < -0.4 is 4.90 Å². The summed E-state index contributed by atoms with van der Waals surface area (Å²) in [6.45, 7) is 5.86. The fourth-order valence-corrected chi connectivity index (χ4v) is 4.59. The number of carbonyl (C=O) groups excluding carboxylic acids is 1. The highest BCUT2D eigenvalue weighted by Crippen LogP contribution is 2.41. The number of morpholine rings is 1. The molecule has 2 saturated heterocycles. The van der Waals surface area contributed by atoms with Gasteiger partial charge >= 0.3 is 0 Å². The number of hydrogen-bond donors (Lipinski definition) is 0. The van der Waals surface area contributed by atoms with Gasteiger partial charge in [0.05, 0.1) is 37.5 Å². The summed E-state index contributed by atoms with van der Waals surface area (Å²) in [6.07, 6.45) is 6.15. The number of anilines is 1. The van der Waals surface area contributed by atoms with Gasteiger partial charge in [0, 0.05) is 43.9 Å². The highest BCUT2D eigenvalue weighted by atomic mass is 16.5. The zero-order valence-electron chi connectivity index (χ0n) is 15.2. The lowest BCUT2D eigenvalue weighted by atomic mass is 9.80. The van der Waals surface area contributed by atoms with Crippen molar-refractivity contribution in [3.63, 3.8) is 0 Å². The average Bonchev–Trinajstić information content (AvgIpc) is 3.06. The van der Waals surface area contributed by atoms with Gasteiger partial charge in [-0.05, 0) is 19.3 Å². The van der Waals surface area contributed by atoms with E-state index in [1.54, 1.807) is 0 Å². The summed E-state index contributed by atoms with van der Waals surface area (Å²) < 4.78 is 11.3. The number of fused-ring (bicyclic) bond motifs is 2. The van der Waals surface area contributed by atoms with Gasteiger partial charge in [0.1, 0.15) is 0 Å². The predicted molar refractivity (Wildman–Crippen MR) is 94.9 cm³/mol. The SMILES string of the molecule is O=C(C1CCC1)N1CC[C@]2(COCc3cnc(N4CCOCC4)nc32)C1. The first-order chi connectivity index (χ1) is 12.8. The Morgan fingerprint density at radius 2 is 2.04 bits per heavy atom. The van der Waals surface area contributed by atoms with E-state index in [9.17, 15) is 4.79 Å². The van der Waals surface area contributed by atoms with Crippen LogP contribution in [0.15, 0.2) is 6.20 Å². The molecule has 140 valence electrons. The molecule has 4 heterocycles. The van der Waals surface area contributed by atoms with Crippen LogP contribution in [-0.2, 0) is 26.3 Å². The lowest BCUT2D eigenvalue weighted by Crippen LogP contribution is -2.44. The van der Waals surface area contributed by atoms with Crippen molar-refractivity contribution < 1.29 is 14.3 Å². The smallest absolute Gasteiger partial charge is 0.225 e. The molecule has 1 atom stereocenters. The molecule has 0 bridgehead atoms. The summed E-state index contributed by atoms with van der Waals surface area (Å²) >= 11 is 0. The molecule has 1 aromatic rings. The molecule has 3 aliphatic heterocycles. The van der Waals surface area contributed by atoms with Crippen molar-refractivity contribution in [2.24, 2.45) is 5.92 Å². The standard InChI is InChI=1S/C19H26N4O3/c24-17(14-2-1-3-14)23-5-4-19(12-23)13-26-11-15-10-20-18(21-16(15)19)22-6-8-25-9-7-22/h10,14H,1-9,11-13H2/t19-/m1/s1. The van der Waals surface area contributed by atoms with Crippen LogP contribution in [0.1, 0.15) is 36.9 Å². The van der Waals surface area contributed by atoms with E-state index in [2.05, 4.69) is 14.8 Å². The third kappa shape index (κ3) is 2.68. The Kier molecular flexibility index (Phi) is 4.09. The number of amides is 1. The fourth-order valence-electron chi connectivity index (χ4n) is 4.59. The maximum absolute atomic E-state index is 12.7. The summed E-state index contributed by atoms with van der Waals surface area (Å²) in [5.74, 6) is 1.38. The third-order valence-corrected chi connectivity index (χ3v) is 6.40. The summed E-state index contributed by atoms with van der Waals surface area (Å²) in [5.41, 5.74) is 2.01. The zero-order valence-corrected chi connectivity index (χ0v) is 15.2. The van der Waals surface area contributed by atoms with Crippen LogP contribution in [0.25, 0.3) is 0 Å². The molecule has 7 heteroatoms. The van der Waals surface area contributed by atoms with E-state index in [0.29, 0.717) is 19.1 Å². The molecule has 1 spiro atoms. The Hall–Kier alpha value is -1.73. The molecule has 5 rings (SSSR count). The van der Waals surface area contributed by atoms with Crippen LogP contribution in [0, 0.1) is 5.92 Å². The topological polar surface area (TPSA) is 67.8 Å². The lowest BCUT2D eigenvalue weighted by molar-refractivity contribution is -0.137. The fraction of sp³-hybridized carbons (Fsp3) is 0.737. The molecule has 4 aliphatic rings. The van der Waals surface area contributed by atoms with E-state index in [1.807, 2.05) is 6.20 Å². The van der Waals surface area contributed by atoms with Crippen molar-refractivity contribution in [3.8, 4) is 0 Å². The van der Waals surface area contributed by atoms with E-state index in [0.717, 1.165) is 75.9 Å². The second kappa shape index (κ2) is 6.46. The van der Waals surface area contributed by atoms with Crippen LogP contribution in [0.4, 0.5) is 5.95 Å². The minimum atomic E-state index is -0.170. The second-order valence-electron chi connectivity index (χ2n) is 8.05. The number of ether oxygens (including phenoxy) is 2. The summed E-state index contributed by atoms with van der Waals surface area (Å²) in [6, 6.07) is 0. The van der Waals surface area contributed by atoms with Gasteiger partial charge in [0.2, 0.25) is 11.9 Å². The van der Waals surface area contributed by atoms with Crippen LogP contribution in [0.3, 0.4) is 0 Å². The maximum Gasteiger partial charge on any atom is 0.225 e. The first-order valence-corrected chi connectivity index (χ1v) is 9.81. The lowest BCUT2D eigenvalue weighted by Gasteiger charge is -2.36. The summed E-state index contributed by atoms with van der Waals surface area (Å²) in [4.78, 5) is 26.5. The van der Waals surface area contributed by atoms with Crippen molar-refractivity contribution in [1.29, 1.82) is 0 Å². The highest BCUT2D eigenvalue weighted by molar-refractivity contribution is 5.80. The van der Waals surface area contributed by atoms with Crippen molar-refractivity contribution >= 4 is 11.9 Å². The minimum Gasteiger partial charge on any atom is -0.378 e. The van der Waals surface area contributed by atoms with E-state index >= 15 is 0 Å². The van der Waals surface area contributed by atoms with E-state index in [-0.39, 0.29) is 11.3 Å². The van der Waals surface area contributed by atoms with Gasteiger partial charge in [0.25, 0.3) is 0 Å². The van der Waals surface area contributed by atoms with Gasteiger partial charge in [-0.25, -0.2) is 9.97 Å². The van der Waals surface area contributed by atoms with Gasteiger partial charge in [-0.2, -0.15) is 0 Å². The summed E-state index contributed by atoms with van der Waals surface area (Å²) in [7, 11) is 0. The van der Waals surface area contributed by atoms with Crippen LogP contribution >= 0.6 is 0 Å². The van der Waals surface area contributed by atoms with E-state index < -0.39 is 0 Å². The number of carbonyl (C=O) groups is 1. The first-order valence-electron chi connectivity index (χ1n) is 9.81. The van der Waals surface area contributed by atoms with Gasteiger partial charge in [-0.1, -0.05) is 6.42 Å². The van der Waals surface area contributed by atoms with Crippen molar-refractivity contribution in [2.45, 2.75) is 37.7 Å². The van der Waals surface area contributed by atoms with Gasteiger partial charge < -0.3 is 19.3 Å². The maximum atomic E-state index is 12.7. The molecular weight excluding hydrogens is 332 g/mol. The monoisotopic (exact) mass is 358 g/mol. The molecule has 1 aliphatic carbocycles. The highest BCUT2D eigenvalue weighted by Gasteiger charge is 2.47. The quantitative estimate of drug-likeness (QED) is 0.789. The Balaban J connectivity index is 1.42. The van der Waals surface area contributed by atoms with E-state index in [4.69, 9.17) is 14.5 Å². The zero-order chi connectivity index (χ0) is 17.6. The second-order valence-corrected chi connectivity index (χ2v) is 8.05. The molecule has 7 nitrogen and oxygen atoms in total. The van der Waals surface area contributed by atoms with Gasteiger partial charge in [0.15, 0.2) is 0 Å². The molecule has 0 aromatic carbocycles. The van der Waals surface area contributed by atoms with E-state index in [1.165, 1.54) is 6.42 Å². The number of hydrogen-bond acceptors (Lipinski definition) is 6. The Bertz CT molecular complexity index is 702. The molecule has 1 saturated carbocycles. The van der Waals surface area contributed by atoms with Gasteiger partial charge in [-0.3, -0.25) is 4.79 Å². The third-order valence-electron chi connectivity index (χ3n) is 6.40. The predicted octanol–water partition coefficient (Wildman–Crippen LogP) is 1.11. The molecule has 1 aromatic heterocycles. The molecular formula is C19H26N4O3. The van der Waals surface area contributed by atoms with Gasteiger partial charge in [-0.15, -0.1) is 0 Å². The summed E-state index contributed by atoms with van der Waals surface area (Å²) in [5, 5.41) is 0. The largest absolute Gasteiger partial charge is 0.378 e. The Morgan fingerprint density at radius 1 is 1.19 bits per heavy atom. The number of aromatic nitrogens is 2. The molecule has 3 fully saturated rings. The Labute approximate surface area is 153 Å². The number of nitrogens with zero attached hydrogens (tertiary/aromatic N) is 4. The molecule has 26 heavy (non-hydrogen) atoms. The average molecular weight is 358 g/mol. The normalized spacial score (nSPS) is 28.9. The van der Waals surface area contributed by atoms with Crippen molar-refractivity contribution in [2.75, 3.05) is 50.9 Å². The molecule has 0 N–H and O–H groups in total. The molecule has 1 amide bonds. The van der Waals surface area contributed by atoms with Crippen molar-refractivity contribution in [3.05, 3.63) is 17.5 Å². The number of rotatable bonds is 2. The van der Waals surface area contributed by atoms with Crippen LogP contribution in [0.5, 0.6) is 0 Å². The van der Waals surface area contributed by atoms with Crippen LogP contribution in [-0.4, -0.2) is 66.8 Å². The molecule has 0 radical (unpaired) electrons. The van der Waals surface area contributed by atoms with Crippen molar-refractivity contribution in [1.82, 2.24) is 14.9 Å².